The number of nitrogens with zero attached hydrogens (tertiary/aromatic N) is 2. The second-order valence-electron chi connectivity index (χ2n) is 6.26. The minimum absolute atomic E-state index is 0.0396. The molecule has 1 aliphatic rings. The van der Waals surface area contributed by atoms with Gasteiger partial charge in [0.1, 0.15) is 12.2 Å². The summed E-state index contributed by atoms with van der Waals surface area (Å²) in [6, 6.07) is 8.12. The molecule has 0 saturated heterocycles. The van der Waals surface area contributed by atoms with E-state index in [1.807, 2.05) is 0 Å². The average molecular weight is 318 g/mol. The summed E-state index contributed by atoms with van der Waals surface area (Å²) in [5.41, 5.74) is 0.911. The number of aryl methyl sites for hydroxylation is 1. The van der Waals surface area contributed by atoms with Gasteiger partial charge in [-0.2, -0.15) is 8.78 Å². The summed E-state index contributed by atoms with van der Waals surface area (Å²) in [5.74, 6) is -3.06. The molecule has 1 aliphatic heterocycles. The molecule has 0 spiro atoms. The molecule has 0 saturated carbocycles. The zero-order valence-corrected chi connectivity index (χ0v) is 13.2. The Balaban J connectivity index is 2.23. The van der Waals surface area contributed by atoms with Gasteiger partial charge < -0.3 is 0 Å². The van der Waals surface area contributed by atoms with E-state index >= 15 is 0 Å². The summed E-state index contributed by atoms with van der Waals surface area (Å²) in [7, 11) is 0. The molecule has 0 amide bonds. The zero-order valence-electron chi connectivity index (χ0n) is 13.2. The van der Waals surface area contributed by atoms with Crippen LogP contribution in [-0.2, 0) is 12.6 Å². The fraction of sp³-hybridized carbons (Fsp3) is 0.333. The second kappa shape index (κ2) is 5.18. The van der Waals surface area contributed by atoms with Crippen LogP contribution in [0.25, 0.3) is 0 Å². The predicted molar refractivity (Wildman–Crippen MR) is 83.8 cm³/mol. The molecule has 120 valence electrons. The number of benzene rings is 1. The lowest BCUT2D eigenvalue weighted by molar-refractivity contribution is -0.0681. The van der Waals surface area contributed by atoms with Gasteiger partial charge >= 0.3 is 0 Å². The quantitative estimate of drug-likeness (QED) is 0.795. The smallest absolute Gasteiger partial charge is 0.271 e. The fourth-order valence-corrected chi connectivity index (χ4v) is 2.80. The number of rotatable bonds is 2. The lowest BCUT2D eigenvalue weighted by Gasteiger charge is -2.37. The standard InChI is InChI=1S/C18H17F3N2/c1-11-8-12(10-22-15(11)9-19)16-13-6-4-5-7-14(13)18(20,21)17(2,3)23-16/h4-8,10H,9H2,1-3H3. The number of halogens is 3. The van der Waals surface area contributed by atoms with Crippen molar-refractivity contribution in [3.8, 4) is 0 Å². The molecule has 0 atom stereocenters. The number of alkyl halides is 3. The first-order valence-corrected chi connectivity index (χ1v) is 7.37. The number of aliphatic imine (C=N–C) groups is 1. The van der Waals surface area contributed by atoms with Crippen LogP contribution in [0.5, 0.6) is 0 Å². The van der Waals surface area contributed by atoms with Crippen molar-refractivity contribution in [3.63, 3.8) is 0 Å². The van der Waals surface area contributed by atoms with Crippen molar-refractivity contribution in [1.29, 1.82) is 0 Å². The molecule has 2 aromatic rings. The molecule has 0 aliphatic carbocycles. The van der Waals surface area contributed by atoms with E-state index in [9.17, 15) is 13.2 Å². The van der Waals surface area contributed by atoms with Crippen molar-refractivity contribution in [2.45, 2.75) is 38.9 Å². The van der Waals surface area contributed by atoms with Crippen molar-refractivity contribution < 1.29 is 13.2 Å². The molecule has 0 N–H and O–H groups in total. The number of pyridine rings is 1. The van der Waals surface area contributed by atoms with E-state index in [0.717, 1.165) is 0 Å². The van der Waals surface area contributed by atoms with Crippen LogP contribution in [0.4, 0.5) is 13.2 Å². The molecule has 0 unspecified atom stereocenters. The Morgan fingerprint density at radius 3 is 2.48 bits per heavy atom. The van der Waals surface area contributed by atoms with E-state index in [1.54, 1.807) is 31.2 Å². The molecule has 0 radical (unpaired) electrons. The van der Waals surface area contributed by atoms with Crippen LogP contribution >= 0.6 is 0 Å². The Morgan fingerprint density at radius 1 is 1.13 bits per heavy atom. The van der Waals surface area contributed by atoms with Crippen LogP contribution in [0.1, 0.15) is 41.8 Å². The molecule has 2 heterocycles. The number of hydrogen-bond donors (Lipinski definition) is 0. The van der Waals surface area contributed by atoms with Crippen LogP contribution in [0.15, 0.2) is 41.5 Å². The van der Waals surface area contributed by atoms with Gasteiger partial charge in [-0.25, -0.2) is 4.39 Å². The van der Waals surface area contributed by atoms with E-state index in [1.165, 1.54) is 26.1 Å². The zero-order chi connectivity index (χ0) is 16.8. The maximum atomic E-state index is 14.7. The van der Waals surface area contributed by atoms with Gasteiger partial charge in [-0.1, -0.05) is 24.3 Å². The van der Waals surface area contributed by atoms with Crippen molar-refractivity contribution in [3.05, 3.63) is 64.5 Å². The van der Waals surface area contributed by atoms with Crippen LogP contribution in [0.2, 0.25) is 0 Å². The van der Waals surface area contributed by atoms with Gasteiger partial charge in [0.2, 0.25) is 0 Å². The van der Waals surface area contributed by atoms with E-state index in [0.29, 0.717) is 28.1 Å². The highest BCUT2D eigenvalue weighted by atomic mass is 19.3. The van der Waals surface area contributed by atoms with Gasteiger partial charge in [0.25, 0.3) is 5.92 Å². The SMILES string of the molecule is Cc1cc(C2=NC(C)(C)C(F)(F)c3ccccc32)cnc1CF. The number of hydrogen-bond acceptors (Lipinski definition) is 2. The molecular weight excluding hydrogens is 301 g/mol. The molecule has 1 aromatic heterocycles. The first-order chi connectivity index (χ1) is 10.8. The minimum Gasteiger partial charge on any atom is -0.271 e. The van der Waals surface area contributed by atoms with E-state index in [4.69, 9.17) is 0 Å². The second-order valence-corrected chi connectivity index (χ2v) is 6.26. The van der Waals surface area contributed by atoms with E-state index in [-0.39, 0.29) is 5.56 Å². The molecule has 5 heteroatoms. The molecule has 2 nitrogen and oxygen atoms in total. The topological polar surface area (TPSA) is 25.2 Å². The van der Waals surface area contributed by atoms with Gasteiger partial charge in [-0.05, 0) is 32.4 Å². The van der Waals surface area contributed by atoms with Crippen LogP contribution in [0, 0.1) is 6.92 Å². The normalized spacial score (nSPS) is 18.3. The van der Waals surface area contributed by atoms with E-state index < -0.39 is 18.1 Å². The summed E-state index contributed by atoms with van der Waals surface area (Å²) < 4.78 is 42.2. The Bertz CT molecular complexity index is 795. The number of aromatic nitrogens is 1. The largest absolute Gasteiger partial charge is 0.297 e. The summed E-state index contributed by atoms with van der Waals surface area (Å²) >= 11 is 0. The molecule has 23 heavy (non-hydrogen) atoms. The van der Waals surface area contributed by atoms with Crippen LogP contribution in [-0.4, -0.2) is 16.2 Å². The van der Waals surface area contributed by atoms with Crippen molar-refractivity contribution in [1.82, 2.24) is 4.98 Å². The summed E-state index contributed by atoms with van der Waals surface area (Å²) in [6.45, 7) is 3.93. The average Bonchev–Trinajstić information content (AvgIpc) is 2.51. The molecular formula is C18H17F3N2. The lowest BCUT2D eigenvalue weighted by atomic mass is 9.81. The Labute approximate surface area is 133 Å². The summed E-state index contributed by atoms with van der Waals surface area (Å²) in [6.07, 6.45) is 1.50. The minimum atomic E-state index is -3.06. The summed E-state index contributed by atoms with van der Waals surface area (Å²) in [5, 5.41) is 0. The Morgan fingerprint density at radius 2 is 1.83 bits per heavy atom. The van der Waals surface area contributed by atoms with Crippen molar-refractivity contribution in [2.24, 2.45) is 4.99 Å². The van der Waals surface area contributed by atoms with E-state index in [2.05, 4.69) is 9.98 Å². The van der Waals surface area contributed by atoms with Gasteiger partial charge in [0, 0.05) is 22.9 Å². The van der Waals surface area contributed by atoms with Crippen LogP contribution < -0.4 is 0 Å². The van der Waals surface area contributed by atoms with Gasteiger partial charge in [0.05, 0.1) is 11.4 Å². The third kappa shape index (κ3) is 2.35. The third-order valence-electron chi connectivity index (χ3n) is 4.27. The maximum Gasteiger partial charge on any atom is 0.297 e. The highest BCUT2D eigenvalue weighted by molar-refractivity contribution is 6.14. The highest BCUT2D eigenvalue weighted by Crippen LogP contribution is 2.46. The monoisotopic (exact) mass is 318 g/mol. The molecule has 1 aromatic carbocycles. The first kappa shape index (κ1) is 15.7. The fourth-order valence-electron chi connectivity index (χ4n) is 2.80. The van der Waals surface area contributed by atoms with Gasteiger partial charge in [-0.15, -0.1) is 0 Å². The Kier molecular flexibility index (Phi) is 3.54. The van der Waals surface area contributed by atoms with Gasteiger partial charge in [0.15, 0.2) is 0 Å². The Hall–Kier alpha value is -2.17. The van der Waals surface area contributed by atoms with Crippen molar-refractivity contribution >= 4 is 5.71 Å². The van der Waals surface area contributed by atoms with Gasteiger partial charge in [-0.3, -0.25) is 9.98 Å². The molecule has 3 rings (SSSR count). The molecule has 0 fully saturated rings. The first-order valence-electron chi connectivity index (χ1n) is 7.37. The highest BCUT2D eigenvalue weighted by Gasteiger charge is 2.52. The van der Waals surface area contributed by atoms with Crippen molar-refractivity contribution in [2.75, 3.05) is 0 Å². The third-order valence-corrected chi connectivity index (χ3v) is 4.27. The maximum absolute atomic E-state index is 14.7. The lowest BCUT2D eigenvalue weighted by Crippen LogP contribution is -2.44. The number of fused-ring (bicyclic) bond motifs is 1. The molecule has 0 bridgehead atoms. The predicted octanol–water partition coefficient (Wildman–Crippen LogP) is 4.58. The summed E-state index contributed by atoms with van der Waals surface area (Å²) in [4.78, 5) is 8.39. The van der Waals surface area contributed by atoms with Crippen LogP contribution in [0.3, 0.4) is 0 Å².